The summed E-state index contributed by atoms with van der Waals surface area (Å²) in [6.45, 7) is 1.56. The Hall–Kier alpha value is -1.50. The van der Waals surface area contributed by atoms with E-state index in [1.165, 1.54) is 6.92 Å². The zero-order valence-corrected chi connectivity index (χ0v) is 10.8. The summed E-state index contributed by atoms with van der Waals surface area (Å²) in [4.78, 5) is 23.9. The smallest absolute Gasteiger partial charge is 0.228 e. The topological polar surface area (TPSA) is 37.4 Å². The molecular weight excluding hydrogens is 279 g/mol. The molecule has 19 heavy (non-hydrogen) atoms. The van der Waals surface area contributed by atoms with Gasteiger partial charge in [0.05, 0.1) is 0 Å². The Morgan fingerprint density at radius 1 is 1.32 bits per heavy atom. The van der Waals surface area contributed by atoms with Crippen LogP contribution < -0.4 is 4.90 Å². The molecule has 0 spiro atoms. The number of hydrogen-bond donors (Lipinski definition) is 0. The summed E-state index contributed by atoms with van der Waals surface area (Å²) in [5, 5.41) is -0.378. The van der Waals surface area contributed by atoms with Crippen LogP contribution in [0.1, 0.15) is 13.3 Å². The highest BCUT2D eigenvalue weighted by atomic mass is 32.2. The van der Waals surface area contributed by atoms with Crippen LogP contribution in [-0.4, -0.2) is 22.8 Å². The van der Waals surface area contributed by atoms with Crippen molar-refractivity contribution in [1.29, 1.82) is 0 Å². The largest absolute Gasteiger partial charge is 0.311 e. The van der Waals surface area contributed by atoms with Crippen LogP contribution in [0.5, 0.6) is 0 Å². The molecule has 0 bridgehead atoms. The van der Waals surface area contributed by atoms with Gasteiger partial charge in [-0.2, -0.15) is 0 Å². The number of thioether (sulfide) groups is 1. The summed E-state index contributed by atoms with van der Waals surface area (Å²) >= 11 is 1.01. The Balaban J connectivity index is 2.23. The Morgan fingerprint density at radius 2 is 1.89 bits per heavy atom. The van der Waals surface area contributed by atoms with Crippen molar-refractivity contribution in [1.82, 2.24) is 0 Å². The monoisotopic (exact) mass is 289 g/mol. The van der Waals surface area contributed by atoms with Gasteiger partial charge in [-0.3, -0.25) is 9.59 Å². The van der Waals surface area contributed by atoms with Crippen molar-refractivity contribution >= 4 is 28.5 Å². The van der Waals surface area contributed by atoms with E-state index in [9.17, 15) is 22.8 Å². The molecule has 1 amide bonds. The van der Waals surface area contributed by atoms with Crippen LogP contribution in [0, 0.1) is 17.5 Å². The molecule has 0 saturated carbocycles. The molecule has 1 atom stereocenters. The molecule has 7 heteroatoms. The fraction of sp³-hybridized carbons (Fsp3) is 0.333. The van der Waals surface area contributed by atoms with E-state index >= 15 is 0 Å². The van der Waals surface area contributed by atoms with E-state index in [1.807, 2.05) is 0 Å². The molecule has 1 aromatic rings. The molecule has 102 valence electrons. The molecule has 3 nitrogen and oxygen atoms in total. The quantitative estimate of drug-likeness (QED) is 0.785. The zero-order chi connectivity index (χ0) is 14.2. The van der Waals surface area contributed by atoms with Crippen molar-refractivity contribution in [2.75, 3.05) is 11.4 Å². The van der Waals surface area contributed by atoms with E-state index in [4.69, 9.17) is 0 Å². The summed E-state index contributed by atoms with van der Waals surface area (Å²) in [6.07, 6.45) is 0.116. The predicted molar refractivity (Wildman–Crippen MR) is 65.3 cm³/mol. The van der Waals surface area contributed by atoms with Crippen LogP contribution in [0.15, 0.2) is 12.1 Å². The van der Waals surface area contributed by atoms with Crippen LogP contribution in [0.3, 0.4) is 0 Å². The Labute approximate surface area is 111 Å². The van der Waals surface area contributed by atoms with Gasteiger partial charge in [0.25, 0.3) is 0 Å². The zero-order valence-electron chi connectivity index (χ0n) is 9.95. The summed E-state index contributed by atoms with van der Waals surface area (Å²) in [5.41, 5.74) is -0.0342. The van der Waals surface area contributed by atoms with Crippen LogP contribution in [-0.2, 0) is 9.59 Å². The fourth-order valence-electron chi connectivity index (χ4n) is 1.94. The van der Waals surface area contributed by atoms with Crippen molar-refractivity contribution in [2.45, 2.75) is 18.6 Å². The number of rotatable bonds is 2. The van der Waals surface area contributed by atoms with Gasteiger partial charge in [-0.25, -0.2) is 13.2 Å². The minimum Gasteiger partial charge on any atom is -0.311 e. The van der Waals surface area contributed by atoms with Gasteiger partial charge < -0.3 is 4.90 Å². The number of benzene rings is 1. The lowest BCUT2D eigenvalue weighted by Gasteiger charge is -2.16. The molecule has 2 rings (SSSR count). The van der Waals surface area contributed by atoms with Gasteiger partial charge >= 0.3 is 0 Å². The molecule has 0 N–H and O–H groups in total. The molecule has 1 aromatic carbocycles. The second-order valence-electron chi connectivity index (χ2n) is 4.16. The number of hydrogen-bond acceptors (Lipinski definition) is 3. The molecule has 1 saturated heterocycles. The molecular formula is C12H10F3NO2S. The molecule has 0 aliphatic carbocycles. The lowest BCUT2D eigenvalue weighted by Crippen LogP contribution is -2.25. The lowest BCUT2D eigenvalue weighted by atomic mass is 10.2. The third-order valence-electron chi connectivity index (χ3n) is 2.70. The van der Waals surface area contributed by atoms with Gasteiger partial charge in [0.2, 0.25) is 5.91 Å². The maximum atomic E-state index is 13.1. The first-order valence-corrected chi connectivity index (χ1v) is 6.38. The maximum absolute atomic E-state index is 13.1. The van der Waals surface area contributed by atoms with E-state index in [0.717, 1.165) is 28.8 Å². The van der Waals surface area contributed by atoms with Gasteiger partial charge in [0.15, 0.2) is 22.6 Å². The third kappa shape index (κ3) is 2.91. The molecule has 0 aromatic heterocycles. The summed E-state index contributed by atoms with van der Waals surface area (Å²) in [6, 6.07) is 1.55. The van der Waals surface area contributed by atoms with Crippen LogP contribution >= 0.6 is 11.8 Å². The first-order valence-electron chi connectivity index (χ1n) is 5.50. The summed E-state index contributed by atoms with van der Waals surface area (Å²) in [5.74, 6) is -4.59. The fourth-order valence-corrected chi connectivity index (χ4v) is 2.85. The van der Waals surface area contributed by atoms with Crippen LogP contribution in [0.4, 0.5) is 18.9 Å². The number of anilines is 1. The van der Waals surface area contributed by atoms with Crippen molar-refractivity contribution in [3.8, 4) is 0 Å². The highest BCUT2D eigenvalue weighted by molar-refractivity contribution is 8.14. The van der Waals surface area contributed by atoms with E-state index < -0.39 is 17.5 Å². The lowest BCUT2D eigenvalue weighted by molar-refractivity contribution is -0.117. The normalized spacial score (nSPS) is 19.1. The third-order valence-corrected chi connectivity index (χ3v) is 3.68. The summed E-state index contributed by atoms with van der Waals surface area (Å²) < 4.78 is 39.1. The maximum Gasteiger partial charge on any atom is 0.228 e. The van der Waals surface area contributed by atoms with E-state index in [0.29, 0.717) is 0 Å². The number of carbonyl (C=O) groups excluding carboxylic acids is 2. The van der Waals surface area contributed by atoms with Gasteiger partial charge in [-0.05, 0) is 0 Å². The van der Waals surface area contributed by atoms with Gasteiger partial charge in [0.1, 0.15) is 0 Å². The number of carbonyl (C=O) groups is 2. The molecule has 1 aliphatic heterocycles. The Kier molecular flexibility index (Phi) is 3.84. The predicted octanol–water partition coefficient (Wildman–Crippen LogP) is 2.49. The van der Waals surface area contributed by atoms with Crippen LogP contribution in [0.25, 0.3) is 0 Å². The molecule has 1 heterocycles. The minimum absolute atomic E-state index is 0.0342. The first-order chi connectivity index (χ1) is 8.88. The first kappa shape index (κ1) is 13.9. The second kappa shape index (κ2) is 5.24. The SMILES string of the molecule is CC(=O)SC1CC(=O)N(c2cc(F)c(F)c(F)c2)C1. The number of amides is 1. The Bertz CT molecular complexity index is 527. The van der Waals surface area contributed by atoms with Crippen molar-refractivity contribution in [3.05, 3.63) is 29.6 Å². The molecule has 1 unspecified atom stereocenters. The van der Waals surface area contributed by atoms with Crippen molar-refractivity contribution in [2.24, 2.45) is 0 Å². The van der Waals surface area contributed by atoms with Gasteiger partial charge in [-0.15, -0.1) is 0 Å². The van der Waals surface area contributed by atoms with Crippen molar-refractivity contribution < 1.29 is 22.8 Å². The second-order valence-corrected chi connectivity index (χ2v) is 5.64. The highest BCUT2D eigenvalue weighted by Gasteiger charge is 2.32. The summed E-state index contributed by atoms with van der Waals surface area (Å²) in [7, 11) is 0. The average Bonchev–Trinajstić information content (AvgIpc) is 2.65. The van der Waals surface area contributed by atoms with E-state index in [1.54, 1.807) is 0 Å². The molecule has 1 fully saturated rings. The van der Waals surface area contributed by atoms with Gasteiger partial charge in [-0.1, -0.05) is 11.8 Å². The van der Waals surface area contributed by atoms with E-state index in [-0.39, 0.29) is 34.9 Å². The molecule has 0 radical (unpaired) electrons. The minimum atomic E-state index is -1.56. The standard InChI is InChI=1S/C12H10F3NO2S/c1-6(17)19-8-4-11(18)16(5-8)7-2-9(13)12(15)10(14)3-7/h2-3,8H,4-5H2,1H3. The average molecular weight is 289 g/mol. The van der Waals surface area contributed by atoms with E-state index in [2.05, 4.69) is 0 Å². The number of halogens is 3. The Morgan fingerprint density at radius 3 is 2.42 bits per heavy atom. The van der Waals surface area contributed by atoms with Gasteiger partial charge in [0, 0.05) is 43.0 Å². The number of nitrogens with zero attached hydrogens (tertiary/aromatic N) is 1. The van der Waals surface area contributed by atoms with Crippen molar-refractivity contribution in [3.63, 3.8) is 0 Å². The van der Waals surface area contributed by atoms with Crippen LogP contribution in [0.2, 0.25) is 0 Å². The highest BCUT2D eigenvalue weighted by Crippen LogP contribution is 2.30. The molecule has 1 aliphatic rings.